The Morgan fingerprint density at radius 2 is 1.96 bits per heavy atom. The summed E-state index contributed by atoms with van der Waals surface area (Å²) in [6.45, 7) is 7.77. The van der Waals surface area contributed by atoms with Crippen LogP contribution in [0.5, 0.6) is 0 Å². The lowest BCUT2D eigenvalue weighted by Gasteiger charge is -2.32. The second-order valence-electron chi connectivity index (χ2n) is 6.87. The average Bonchev–Trinajstić information content (AvgIpc) is 2.67. The summed E-state index contributed by atoms with van der Waals surface area (Å²) in [6.07, 6.45) is 5.66. The quantitative estimate of drug-likeness (QED) is 0.835. The fourth-order valence-electron chi connectivity index (χ4n) is 3.23. The van der Waals surface area contributed by atoms with Crippen LogP contribution in [0, 0.1) is 5.92 Å². The molecule has 0 spiro atoms. The van der Waals surface area contributed by atoms with Gasteiger partial charge in [-0.2, -0.15) is 0 Å². The van der Waals surface area contributed by atoms with Crippen molar-refractivity contribution in [2.45, 2.75) is 33.2 Å². The lowest BCUT2D eigenvalue weighted by atomic mass is 9.99. The van der Waals surface area contributed by atoms with Crippen molar-refractivity contribution in [3.63, 3.8) is 0 Å². The normalized spacial score (nSPS) is 17.0. The molecule has 0 saturated carbocycles. The molecule has 0 aliphatic carbocycles. The minimum atomic E-state index is -0.165. The van der Waals surface area contributed by atoms with E-state index in [0.717, 1.165) is 31.1 Å². The Hall–Kier alpha value is -2.63. The van der Waals surface area contributed by atoms with Crippen molar-refractivity contribution in [2.24, 2.45) is 5.92 Å². The molecule has 1 aliphatic rings. The van der Waals surface area contributed by atoms with Crippen molar-refractivity contribution in [1.29, 1.82) is 0 Å². The molecule has 1 unspecified atom stereocenters. The highest BCUT2D eigenvalue weighted by atomic mass is 16.1. The van der Waals surface area contributed by atoms with E-state index in [2.05, 4.69) is 56.7 Å². The molecule has 26 heavy (non-hydrogen) atoms. The van der Waals surface area contributed by atoms with Crippen LogP contribution in [-0.2, 0) is 6.54 Å². The number of aromatic nitrogens is 2. The van der Waals surface area contributed by atoms with Gasteiger partial charge in [0, 0.05) is 44.3 Å². The Morgan fingerprint density at radius 1 is 1.23 bits per heavy atom. The number of anilines is 2. The molecule has 2 heterocycles. The molecule has 1 aliphatic heterocycles. The number of benzene rings is 1. The molecular formula is C20H27N5O. The van der Waals surface area contributed by atoms with E-state index in [0.29, 0.717) is 18.1 Å². The fourth-order valence-corrected chi connectivity index (χ4v) is 3.23. The molecule has 2 N–H and O–H groups in total. The lowest BCUT2D eigenvalue weighted by Crippen LogP contribution is -2.34. The van der Waals surface area contributed by atoms with Crippen molar-refractivity contribution in [3.8, 4) is 0 Å². The molecule has 1 saturated heterocycles. The minimum Gasteiger partial charge on any atom is -0.371 e. The number of carbonyl (C=O) groups is 1. The predicted octanol–water partition coefficient (Wildman–Crippen LogP) is 3.07. The maximum absolute atomic E-state index is 12.2. The molecule has 6 heteroatoms. The number of piperidine rings is 1. The lowest BCUT2D eigenvalue weighted by molar-refractivity contribution is 0.0950. The summed E-state index contributed by atoms with van der Waals surface area (Å²) in [7, 11) is 0. The van der Waals surface area contributed by atoms with Gasteiger partial charge in [-0.3, -0.25) is 4.79 Å². The van der Waals surface area contributed by atoms with E-state index in [1.54, 1.807) is 12.4 Å². The summed E-state index contributed by atoms with van der Waals surface area (Å²) < 4.78 is 0. The van der Waals surface area contributed by atoms with Gasteiger partial charge in [-0.1, -0.05) is 19.1 Å². The summed E-state index contributed by atoms with van der Waals surface area (Å²) in [5.41, 5.74) is 2.81. The zero-order chi connectivity index (χ0) is 18.4. The van der Waals surface area contributed by atoms with Crippen LogP contribution in [-0.4, -0.2) is 35.5 Å². The summed E-state index contributed by atoms with van der Waals surface area (Å²) in [5.74, 6) is 1.12. The molecule has 1 aromatic heterocycles. The minimum absolute atomic E-state index is 0.165. The molecule has 1 aromatic carbocycles. The van der Waals surface area contributed by atoms with Crippen LogP contribution in [0.25, 0.3) is 0 Å². The van der Waals surface area contributed by atoms with Crippen LogP contribution in [0.3, 0.4) is 0 Å². The van der Waals surface area contributed by atoms with Gasteiger partial charge in [-0.15, -0.1) is 0 Å². The number of nitrogens with one attached hydrogen (secondary N) is 2. The van der Waals surface area contributed by atoms with Crippen molar-refractivity contribution in [3.05, 3.63) is 47.8 Å². The van der Waals surface area contributed by atoms with Crippen LogP contribution in [0.4, 0.5) is 11.6 Å². The highest BCUT2D eigenvalue weighted by Gasteiger charge is 2.16. The Balaban J connectivity index is 1.53. The summed E-state index contributed by atoms with van der Waals surface area (Å²) >= 11 is 0. The first-order chi connectivity index (χ1) is 12.7. The van der Waals surface area contributed by atoms with Gasteiger partial charge < -0.3 is 15.5 Å². The Bertz CT molecular complexity index is 714. The van der Waals surface area contributed by atoms with Crippen LogP contribution >= 0.6 is 0 Å². The van der Waals surface area contributed by atoms with Crippen LogP contribution < -0.4 is 15.5 Å². The molecule has 1 atom stereocenters. The molecule has 6 nitrogen and oxygen atoms in total. The molecule has 0 bridgehead atoms. The average molecular weight is 353 g/mol. The zero-order valence-corrected chi connectivity index (χ0v) is 15.5. The molecule has 0 radical (unpaired) electrons. The number of amides is 1. The highest BCUT2D eigenvalue weighted by molar-refractivity contribution is 5.93. The summed E-state index contributed by atoms with van der Waals surface area (Å²) in [4.78, 5) is 22.9. The van der Waals surface area contributed by atoms with E-state index < -0.39 is 0 Å². The summed E-state index contributed by atoms with van der Waals surface area (Å²) in [5, 5.41) is 5.93. The summed E-state index contributed by atoms with van der Waals surface area (Å²) in [6, 6.07) is 8.46. The van der Waals surface area contributed by atoms with Gasteiger partial charge in [0.1, 0.15) is 0 Å². The van der Waals surface area contributed by atoms with Crippen molar-refractivity contribution >= 4 is 17.5 Å². The van der Waals surface area contributed by atoms with Crippen LogP contribution in [0.2, 0.25) is 0 Å². The van der Waals surface area contributed by atoms with E-state index in [9.17, 15) is 4.79 Å². The first-order valence-corrected chi connectivity index (χ1v) is 9.33. The number of hydrogen-bond acceptors (Lipinski definition) is 5. The molecule has 1 amide bonds. The second-order valence-corrected chi connectivity index (χ2v) is 6.87. The van der Waals surface area contributed by atoms with Crippen molar-refractivity contribution in [2.75, 3.05) is 29.9 Å². The molecule has 138 valence electrons. The van der Waals surface area contributed by atoms with E-state index in [-0.39, 0.29) is 5.91 Å². The van der Waals surface area contributed by atoms with Gasteiger partial charge >= 0.3 is 0 Å². The number of carbonyl (C=O) groups excluding carboxylic acids is 1. The molecule has 1 fully saturated rings. The Labute approximate surface area is 155 Å². The van der Waals surface area contributed by atoms with Gasteiger partial charge in [0.15, 0.2) is 0 Å². The first kappa shape index (κ1) is 18.2. The van der Waals surface area contributed by atoms with E-state index in [1.807, 2.05) is 6.92 Å². The smallest absolute Gasteiger partial charge is 0.254 e. The number of nitrogens with zero attached hydrogens (tertiary/aromatic N) is 3. The monoisotopic (exact) mass is 353 g/mol. The van der Waals surface area contributed by atoms with E-state index in [4.69, 9.17) is 0 Å². The SMILES string of the molecule is CCNc1ncc(C(=O)NCc2ccc(N3CCCC(C)C3)cc2)cn1. The molecular weight excluding hydrogens is 326 g/mol. The highest BCUT2D eigenvalue weighted by Crippen LogP contribution is 2.23. The predicted molar refractivity (Wildman–Crippen MR) is 104 cm³/mol. The molecule has 3 rings (SSSR count). The zero-order valence-electron chi connectivity index (χ0n) is 15.5. The Kier molecular flexibility index (Phi) is 6.04. The van der Waals surface area contributed by atoms with Crippen LogP contribution in [0.1, 0.15) is 42.6 Å². The topological polar surface area (TPSA) is 70.2 Å². The van der Waals surface area contributed by atoms with E-state index in [1.165, 1.54) is 18.5 Å². The third kappa shape index (κ3) is 4.71. The maximum Gasteiger partial charge on any atom is 0.254 e. The standard InChI is InChI=1S/C20H27N5O/c1-3-21-20-23-12-17(13-24-20)19(26)22-11-16-6-8-18(9-7-16)25-10-4-5-15(2)14-25/h6-9,12-13,15H,3-5,10-11,14H2,1-2H3,(H,22,26)(H,21,23,24). The fraction of sp³-hybridized carbons (Fsp3) is 0.450. The third-order valence-electron chi connectivity index (χ3n) is 4.66. The van der Waals surface area contributed by atoms with Crippen molar-refractivity contribution < 1.29 is 4.79 Å². The van der Waals surface area contributed by atoms with Gasteiger partial charge in [0.2, 0.25) is 5.95 Å². The largest absolute Gasteiger partial charge is 0.371 e. The van der Waals surface area contributed by atoms with Gasteiger partial charge in [0.25, 0.3) is 5.91 Å². The van der Waals surface area contributed by atoms with E-state index >= 15 is 0 Å². The van der Waals surface area contributed by atoms with Gasteiger partial charge in [0.05, 0.1) is 5.56 Å². The van der Waals surface area contributed by atoms with Gasteiger partial charge in [-0.05, 0) is 43.4 Å². The number of hydrogen-bond donors (Lipinski definition) is 2. The van der Waals surface area contributed by atoms with Crippen molar-refractivity contribution in [1.82, 2.24) is 15.3 Å². The van der Waals surface area contributed by atoms with Gasteiger partial charge in [-0.25, -0.2) is 9.97 Å². The molecule has 2 aromatic rings. The third-order valence-corrected chi connectivity index (χ3v) is 4.66. The first-order valence-electron chi connectivity index (χ1n) is 9.33. The maximum atomic E-state index is 12.2. The number of rotatable bonds is 6. The van der Waals surface area contributed by atoms with Crippen LogP contribution in [0.15, 0.2) is 36.7 Å². The Morgan fingerprint density at radius 3 is 2.62 bits per heavy atom. The second kappa shape index (κ2) is 8.65.